The fourth-order valence-corrected chi connectivity index (χ4v) is 3.93. The predicted molar refractivity (Wildman–Crippen MR) is 75.0 cm³/mol. The van der Waals surface area contributed by atoms with Crippen LogP contribution in [-0.2, 0) is 19.3 Å². The van der Waals surface area contributed by atoms with Gasteiger partial charge in [-0.15, -0.1) is 0 Å². The minimum Gasteiger partial charge on any atom is -0.385 e. The van der Waals surface area contributed by atoms with Gasteiger partial charge in [0.1, 0.15) is 0 Å². The highest BCUT2D eigenvalue weighted by atomic mass is 79.9. The Labute approximate surface area is 116 Å². The van der Waals surface area contributed by atoms with Gasteiger partial charge in [-0.25, -0.2) is 4.21 Å². The van der Waals surface area contributed by atoms with E-state index in [-0.39, 0.29) is 12.3 Å². The van der Waals surface area contributed by atoms with E-state index in [9.17, 15) is 9.00 Å². The first kappa shape index (κ1) is 15.3. The molecular weight excluding hydrogens is 318 g/mol. The van der Waals surface area contributed by atoms with Gasteiger partial charge < -0.3 is 4.74 Å². The van der Waals surface area contributed by atoms with Gasteiger partial charge in [-0.1, -0.05) is 12.1 Å². The number of nitrogens with zero attached hydrogens (tertiary/aromatic N) is 1. The second-order valence-corrected chi connectivity index (χ2v) is 6.90. The topological polar surface area (TPSA) is 55.7 Å². The van der Waals surface area contributed by atoms with Crippen LogP contribution < -0.4 is 0 Å². The van der Waals surface area contributed by atoms with Gasteiger partial charge in [0.05, 0.1) is 14.6 Å². The Hall–Kier alpha value is -0.720. The fraction of sp³-hybridized carbons (Fsp3) is 0.417. The molecule has 1 aromatic rings. The van der Waals surface area contributed by atoms with E-state index in [0.29, 0.717) is 22.4 Å². The second kappa shape index (κ2) is 7.01. The Kier molecular flexibility index (Phi) is 5.98. The monoisotopic (exact) mass is 333 g/mol. The van der Waals surface area contributed by atoms with Crippen LogP contribution in [0.3, 0.4) is 0 Å². The van der Waals surface area contributed by atoms with E-state index in [2.05, 4.69) is 20.3 Å². The third kappa shape index (κ3) is 4.51. The molecule has 0 aliphatic carbocycles. The Morgan fingerprint density at radius 1 is 1.44 bits per heavy atom. The van der Waals surface area contributed by atoms with Gasteiger partial charge in [-0.3, -0.25) is 4.79 Å². The van der Waals surface area contributed by atoms with E-state index in [4.69, 9.17) is 4.74 Å². The van der Waals surface area contributed by atoms with Crippen LogP contribution in [-0.4, -0.2) is 30.1 Å². The second-order valence-electron chi connectivity index (χ2n) is 3.81. The molecule has 0 fully saturated rings. The molecule has 18 heavy (non-hydrogen) atoms. The molecule has 0 saturated heterocycles. The largest absolute Gasteiger partial charge is 0.385 e. The van der Waals surface area contributed by atoms with Gasteiger partial charge in [0.15, 0.2) is 0 Å². The molecule has 1 atom stereocenters. The van der Waals surface area contributed by atoms with E-state index in [1.165, 1.54) is 6.26 Å². The van der Waals surface area contributed by atoms with Crippen molar-refractivity contribution in [3.63, 3.8) is 0 Å². The van der Waals surface area contributed by atoms with Crippen molar-refractivity contribution in [1.82, 2.24) is 0 Å². The van der Waals surface area contributed by atoms with Crippen molar-refractivity contribution in [3.8, 4) is 0 Å². The quantitative estimate of drug-likeness (QED) is 0.778. The van der Waals surface area contributed by atoms with Crippen LogP contribution in [0.25, 0.3) is 0 Å². The average Bonchev–Trinajstić information content (AvgIpc) is 2.29. The summed E-state index contributed by atoms with van der Waals surface area (Å²) in [6.07, 6.45) is 2.31. The van der Waals surface area contributed by atoms with E-state index in [1.807, 2.05) is 6.07 Å². The molecular formula is C12H16BrNO3S. The number of methoxy groups -OCH3 is 1. The van der Waals surface area contributed by atoms with Crippen molar-refractivity contribution in [2.45, 2.75) is 17.7 Å². The molecule has 0 bridgehead atoms. The van der Waals surface area contributed by atoms with Gasteiger partial charge in [0.2, 0.25) is 0 Å². The molecule has 0 saturated carbocycles. The first-order chi connectivity index (χ1) is 8.47. The highest BCUT2D eigenvalue weighted by Crippen LogP contribution is 2.22. The Balaban J connectivity index is 2.89. The summed E-state index contributed by atoms with van der Waals surface area (Å²) in [7, 11) is -1.11. The standard InChI is InChI=1S/C12H16BrNO3S/c1-17-9-5-8-12(15)14-18(2,16)11-7-4-3-6-10(11)13/h3-4,6-7H,5,8-9H2,1-2H3. The molecule has 1 amide bonds. The molecule has 0 aromatic heterocycles. The van der Waals surface area contributed by atoms with Gasteiger partial charge in [0.25, 0.3) is 5.91 Å². The van der Waals surface area contributed by atoms with Gasteiger partial charge >= 0.3 is 0 Å². The summed E-state index contributed by atoms with van der Waals surface area (Å²) in [5.74, 6) is -0.352. The summed E-state index contributed by atoms with van der Waals surface area (Å²) in [4.78, 5) is 12.1. The molecule has 1 rings (SSSR count). The molecule has 0 spiro atoms. The summed E-state index contributed by atoms with van der Waals surface area (Å²) < 4.78 is 21.8. The van der Waals surface area contributed by atoms with Crippen LogP contribution in [0.5, 0.6) is 0 Å². The minimum atomic E-state index is -2.69. The number of benzene rings is 1. The molecule has 4 nitrogen and oxygen atoms in total. The molecule has 1 aromatic carbocycles. The summed E-state index contributed by atoms with van der Waals surface area (Å²) >= 11 is 3.32. The number of ether oxygens (including phenoxy) is 1. The zero-order chi connectivity index (χ0) is 13.6. The maximum Gasteiger partial charge on any atom is 0.254 e. The van der Waals surface area contributed by atoms with Crippen molar-refractivity contribution in [2.75, 3.05) is 20.0 Å². The maximum absolute atomic E-state index is 12.4. The summed E-state index contributed by atoms with van der Waals surface area (Å²) in [6.45, 7) is 0.501. The lowest BCUT2D eigenvalue weighted by Crippen LogP contribution is -2.05. The van der Waals surface area contributed by atoms with Crippen LogP contribution in [0, 0.1) is 0 Å². The number of hydrogen-bond acceptors (Lipinski definition) is 3. The molecule has 0 radical (unpaired) electrons. The van der Waals surface area contributed by atoms with E-state index >= 15 is 0 Å². The van der Waals surface area contributed by atoms with E-state index < -0.39 is 9.73 Å². The number of carbonyl (C=O) groups is 1. The van der Waals surface area contributed by atoms with Gasteiger partial charge in [-0.05, 0) is 34.5 Å². The molecule has 1 unspecified atom stereocenters. The van der Waals surface area contributed by atoms with Crippen molar-refractivity contribution in [2.24, 2.45) is 4.36 Å². The first-order valence-electron chi connectivity index (χ1n) is 5.46. The highest BCUT2D eigenvalue weighted by Gasteiger charge is 2.12. The molecule has 6 heteroatoms. The van der Waals surface area contributed by atoms with Gasteiger partial charge in [0, 0.05) is 30.9 Å². The lowest BCUT2D eigenvalue weighted by Gasteiger charge is -2.06. The highest BCUT2D eigenvalue weighted by molar-refractivity contribution is 9.10. The number of halogens is 1. The Morgan fingerprint density at radius 2 is 2.11 bits per heavy atom. The average molecular weight is 334 g/mol. The zero-order valence-corrected chi connectivity index (χ0v) is 12.8. The van der Waals surface area contributed by atoms with Crippen molar-refractivity contribution < 1.29 is 13.7 Å². The van der Waals surface area contributed by atoms with Crippen LogP contribution in [0.15, 0.2) is 38.0 Å². The van der Waals surface area contributed by atoms with Crippen molar-refractivity contribution >= 4 is 31.6 Å². The van der Waals surface area contributed by atoms with Crippen molar-refractivity contribution in [3.05, 3.63) is 28.7 Å². The normalized spacial score (nSPS) is 13.9. The maximum atomic E-state index is 12.4. The smallest absolute Gasteiger partial charge is 0.254 e. The van der Waals surface area contributed by atoms with E-state index in [1.54, 1.807) is 25.3 Å². The first-order valence-corrected chi connectivity index (χ1v) is 8.17. The number of amides is 1. The summed E-state index contributed by atoms with van der Waals surface area (Å²) in [5.41, 5.74) is 0. The summed E-state index contributed by atoms with van der Waals surface area (Å²) in [6, 6.07) is 7.08. The molecule has 0 heterocycles. The SMILES string of the molecule is COCCCC(=O)N=S(C)(=O)c1ccccc1Br. The number of hydrogen-bond donors (Lipinski definition) is 0. The summed E-state index contributed by atoms with van der Waals surface area (Å²) in [5, 5.41) is 0. The Morgan fingerprint density at radius 3 is 2.72 bits per heavy atom. The predicted octanol–water partition coefficient (Wildman–Crippen LogP) is 2.86. The number of carbonyl (C=O) groups excluding carboxylic acids is 1. The molecule has 0 aliphatic rings. The van der Waals surface area contributed by atoms with E-state index in [0.717, 1.165) is 0 Å². The molecule has 100 valence electrons. The lowest BCUT2D eigenvalue weighted by atomic mass is 10.3. The molecule has 0 aliphatic heterocycles. The van der Waals surface area contributed by atoms with Crippen molar-refractivity contribution in [1.29, 1.82) is 0 Å². The van der Waals surface area contributed by atoms with Crippen LogP contribution >= 0.6 is 15.9 Å². The number of rotatable bonds is 5. The zero-order valence-electron chi connectivity index (χ0n) is 10.4. The fourth-order valence-electron chi connectivity index (χ4n) is 1.41. The Bertz CT molecular complexity index is 536. The van der Waals surface area contributed by atoms with Crippen LogP contribution in [0.4, 0.5) is 0 Å². The molecule has 0 N–H and O–H groups in total. The van der Waals surface area contributed by atoms with Crippen LogP contribution in [0.2, 0.25) is 0 Å². The van der Waals surface area contributed by atoms with Gasteiger partial charge in [-0.2, -0.15) is 4.36 Å². The van der Waals surface area contributed by atoms with Crippen LogP contribution in [0.1, 0.15) is 12.8 Å². The minimum absolute atomic E-state index is 0.253. The third-order valence-corrected chi connectivity index (χ3v) is 4.94. The lowest BCUT2D eigenvalue weighted by molar-refractivity contribution is -0.117. The third-order valence-electron chi connectivity index (χ3n) is 2.26.